The molecule has 0 aromatic heterocycles. The molecule has 4 bridgehead atoms. The molecule has 4 aliphatic rings. The summed E-state index contributed by atoms with van der Waals surface area (Å²) in [7, 11) is 0. The molecule has 0 aromatic carbocycles. The Morgan fingerprint density at radius 3 is 2.12 bits per heavy atom. The van der Waals surface area contributed by atoms with Crippen LogP contribution in [0.3, 0.4) is 0 Å². The first-order valence-electron chi connectivity index (χ1n) is 6.35. The number of hydrogen-bond donors (Lipinski definition) is 2. The molecule has 0 aromatic rings. The minimum absolute atomic E-state index is 0.314. The molecule has 0 amide bonds. The van der Waals surface area contributed by atoms with Crippen molar-refractivity contribution < 1.29 is 0 Å². The highest BCUT2D eigenvalue weighted by Gasteiger charge is 2.60. The third-order valence-corrected chi connectivity index (χ3v) is 6.01. The molecule has 4 fully saturated rings. The van der Waals surface area contributed by atoms with Gasteiger partial charge in [-0.25, -0.2) is 0 Å². The van der Waals surface area contributed by atoms with Crippen LogP contribution < -0.4 is 5.73 Å². The van der Waals surface area contributed by atoms with Crippen LogP contribution in [0.1, 0.15) is 52.4 Å². The fourth-order valence-corrected chi connectivity index (χ4v) is 7.32. The predicted octanol–water partition coefficient (Wildman–Crippen LogP) is 3.36. The Labute approximate surface area is 102 Å². The van der Waals surface area contributed by atoms with E-state index >= 15 is 0 Å². The summed E-state index contributed by atoms with van der Waals surface area (Å²) in [5, 5.41) is 7.93. The van der Waals surface area contributed by atoms with E-state index in [-0.39, 0.29) is 0 Å². The maximum atomic E-state index is 7.60. The maximum Gasteiger partial charge on any atom is 0.151 e. The van der Waals surface area contributed by atoms with E-state index in [1.54, 1.807) is 11.8 Å². The minimum atomic E-state index is 0.314. The van der Waals surface area contributed by atoms with E-state index in [1.807, 2.05) is 0 Å². The molecule has 0 radical (unpaired) electrons. The third-order valence-electron chi connectivity index (χ3n) is 4.90. The van der Waals surface area contributed by atoms with Crippen LogP contribution in [0.25, 0.3) is 0 Å². The van der Waals surface area contributed by atoms with Crippen LogP contribution >= 0.6 is 11.8 Å². The number of hydrogen-bond acceptors (Lipinski definition) is 2. The van der Waals surface area contributed by atoms with Crippen LogP contribution in [0, 0.1) is 22.2 Å². The summed E-state index contributed by atoms with van der Waals surface area (Å²) in [4.78, 5) is 0. The van der Waals surface area contributed by atoms with Gasteiger partial charge in [0.25, 0.3) is 0 Å². The van der Waals surface area contributed by atoms with Gasteiger partial charge in [-0.2, -0.15) is 0 Å². The van der Waals surface area contributed by atoms with Crippen LogP contribution in [0.2, 0.25) is 0 Å². The number of nitrogens with one attached hydrogen (secondary N) is 1. The second-order valence-electron chi connectivity index (χ2n) is 7.28. The van der Waals surface area contributed by atoms with E-state index in [4.69, 9.17) is 11.1 Å². The molecule has 16 heavy (non-hydrogen) atoms. The molecule has 4 rings (SSSR count). The van der Waals surface area contributed by atoms with E-state index in [1.165, 1.54) is 38.5 Å². The van der Waals surface area contributed by atoms with Gasteiger partial charge in [-0.15, -0.1) is 0 Å². The monoisotopic (exact) mass is 238 g/mol. The molecule has 4 aliphatic carbocycles. The first kappa shape index (κ1) is 10.9. The predicted molar refractivity (Wildman–Crippen MR) is 69.6 cm³/mol. The number of nitrogens with two attached hydrogens (primary N) is 1. The first-order valence-corrected chi connectivity index (χ1v) is 7.17. The summed E-state index contributed by atoms with van der Waals surface area (Å²) < 4.78 is 0.314. The largest absolute Gasteiger partial charge is 0.379 e. The summed E-state index contributed by atoms with van der Waals surface area (Å²) in [6.07, 6.45) is 8.12. The highest BCUT2D eigenvalue weighted by Crippen LogP contribution is 2.69. The van der Waals surface area contributed by atoms with Gasteiger partial charge in [0, 0.05) is 4.75 Å². The van der Waals surface area contributed by atoms with E-state index in [0.29, 0.717) is 20.7 Å². The highest BCUT2D eigenvalue weighted by atomic mass is 32.2. The lowest BCUT2D eigenvalue weighted by molar-refractivity contribution is -0.0774. The fraction of sp³-hybridized carbons (Fsp3) is 0.923. The van der Waals surface area contributed by atoms with Crippen molar-refractivity contribution in [2.45, 2.75) is 57.1 Å². The molecule has 3 N–H and O–H groups in total. The summed E-state index contributed by atoms with van der Waals surface area (Å²) in [6.45, 7) is 4.93. The van der Waals surface area contributed by atoms with Crippen molar-refractivity contribution in [3.05, 3.63) is 0 Å². The molecule has 0 aliphatic heterocycles. The van der Waals surface area contributed by atoms with Gasteiger partial charge < -0.3 is 5.73 Å². The van der Waals surface area contributed by atoms with Crippen molar-refractivity contribution >= 4 is 16.9 Å². The van der Waals surface area contributed by atoms with Gasteiger partial charge in [0.05, 0.1) is 0 Å². The fourth-order valence-electron chi connectivity index (χ4n) is 5.69. The molecule has 2 nitrogen and oxygen atoms in total. The lowest BCUT2D eigenvalue weighted by Gasteiger charge is -2.65. The molecule has 0 unspecified atom stereocenters. The van der Waals surface area contributed by atoms with Gasteiger partial charge >= 0.3 is 0 Å². The van der Waals surface area contributed by atoms with Gasteiger partial charge in [-0.1, -0.05) is 25.6 Å². The quantitative estimate of drug-likeness (QED) is 0.543. The highest BCUT2D eigenvalue weighted by molar-refractivity contribution is 8.14. The zero-order valence-corrected chi connectivity index (χ0v) is 11.1. The third kappa shape index (κ3) is 1.59. The molecule has 0 saturated heterocycles. The summed E-state index contributed by atoms with van der Waals surface area (Å²) in [5.74, 6) is 0.901. The van der Waals surface area contributed by atoms with Crippen LogP contribution in [-0.2, 0) is 0 Å². The van der Waals surface area contributed by atoms with Crippen molar-refractivity contribution in [1.82, 2.24) is 0 Å². The van der Waals surface area contributed by atoms with Gasteiger partial charge in [0.2, 0.25) is 0 Å². The number of rotatable bonds is 1. The van der Waals surface area contributed by atoms with E-state index in [9.17, 15) is 0 Å². The van der Waals surface area contributed by atoms with Gasteiger partial charge in [0.1, 0.15) is 0 Å². The summed E-state index contributed by atoms with van der Waals surface area (Å²) in [5.41, 5.74) is 6.72. The van der Waals surface area contributed by atoms with Crippen LogP contribution in [-0.4, -0.2) is 9.91 Å². The SMILES string of the molecule is C[C@@]12CC3CC(SC(=N)N)(C1)C[C@@](C)(C3)C2. The van der Waals surface area contributed by atoms with Crippen molar-refractivity contribution in [3.8, 4) is 0 Å². The Morgan fingerprint density at radius 1 is 1.12 bits per heavy atom. The van der Waals surface area contributed by atoms with Crippen molar-refractivity contribution in [3.63, 3.8) is 0 Å². The van der Waals surface area contributed by atoms with E-state index in [2.05, 4.69) is 13.8 Å². The second kappa shape index (κ2) is 2.98. The molecule has 0 heterocycles. The average molecular weight is 238 g/mol. The van der Waals surface area contributed by atoms with Crippen LogP contribution in [0.15, 0.2) is 0 Å². The van der Waals surface area contributed by atoms with Gasteiger partial charge in [-0.3, -0.25) is 5.41 Å². The summed E-state index contributed by atoms with van der Waals surface area (Å²) in [6, 6.07) is 0. The zero-order chi connectivity index (χ0) is 11.6. The average Bonchev–Trinajstić information content (AvgIpc) is 1.91. The summed E-state index contributed by atoms with van der Waals surface area (Å²) >= 11 is 1.67. The molecule has 90 valence electrons. The Balaban J connectivity index is 1.95. The smallest absolute Gasteiger partial charge is 0.151 e. The molecule has 3 heteroatoms. The van der Waals surface area contributed by atoms with Gasteiger partial charge in [0.15, 0.2) is 5.17 Å². The Kier molecular flexibility index (Phi) is 2.04. The van der Waals surface area contributed by atoms with Crippen LogP contribution in [0.5, 0.6) is 0 Å². The lowest BCUT2D eigenvalue weighted by Crippen LogP contribution is -2.57. The number of thioether (sulfide) groups is 1. The minimum Gasteiger partial charge on any atom is -0.379 e. The van der Waals surface area contributed by atoms with E-state index in [0.717, 1.165) is 5.92 Å². The topological polar surface area (TPSA) is 49.9 Å². The zero-order valence-electron chi connectivity index (χ0n) is 10.3. The Morgan fingerprint density at radius 2 is 1.69 bits per heavy atom. The lowest BCUT2D eigenvalue weighted by atomic mass is 9.45. The van der Waals surface area contributed by atoms with Crippen LogP contribution in [0.4, 0.5) is 0 Å². The van der Waals surface area contributed by atoms with Crippen molar-refractivity contribution in [2.75, 3.05) is 0 Å². The van der Waals surface area contributed by atoms with Crippen molar-refractivity contribution in [2.24, 2.45) is 22.5 Å². The molecular formula is C13H22N2S. The Bertz CT molecular complexity index is 334. The maximum absolute atomic E-state index is 7.60. The number of amidine groups is 1. The molecule has 2 atom stereocenters. The molecular weight excluding hydrogens is 216 g/mol. The second-order valence-corrected chi connectivity index (χ2v) is 8.79. The molecule has 4 saturated carbocycles. The van der Waals surface area contributed by atoms with E-state index < -0.39 is 0 Å². The first-order chi connectivity index (χ1) is 7.32. The molecule has 0 spiro atoms. The van der Waals surface area contributed by atoms with Gasteiger partial charge in [-0.05, 0) is 55.3 Å². The standard InChI is InChI=1S/C13H22N2S/c1-11-3-9-4-12(2,6-11)8-13(5-9,7-11)16-10(14)15/h9H,3-8H2,1-2H3,(H3,14,15)/t9?,11-,12-,13?/m0/s1. The normalized spacial score (nSPS) is 54.2. The van der Waals surface area contributed by atoms with Crippen molar-refractivity contribution in [1.29, 1.82) is 5.41 Å². The Hall–Kier alpha value is -0.180.